The van der Waals surface area contributed by atoms with E-state index in [2.05, 4.69) is 27.7 Å². The number of nitrogens with zero attached hydrogens (tertiary/aromatic N) is 4. The lowest BCUT2D eigenvalue weighted by atomic mass is 9.95. The van der Waals surface area contributed by atoms with Crippen LogP contribution in [0.4, 0.5) is 5.82 Å². The molecule has 0 saturated carbocycles. The summed E-state index contributed by atoms with van der Waals surface area (Å²) < 4.78 is 0. The standard InChI is InChI=1S/C26H36N6O/c1-27-25-21-12-17-32(18-22(21)29-24(30-25)20-10-13-28-14-11-20)26(33)23(19-8-4-2-5-9-19)31-15-6-3-7-16-31/h2,4-5,8-9,20,23,28H,3,6-7,10-18H2,1H3,(H,27,29,30)/t23-/m1/s1. The molecule has 0 radical (unpaired) electrons. The first-order valence-electron chi connectivity index (χ1n) is 12.6. The third-order valence-corrected chi connectivity index (χ3v) is 7.44. The van der Waals surface area contributed by atoms with Crippen molar-refractivity contribution >= 4 is 11.7 Å². The molecule has 0 aliphatic carbocycles. The second kappa shape index (κ2) is 10.2. The normalized spacial score (nSPS) is 20.8. The molecule has 4 heterocycles. The van der Waals surface area contributed by atoms with Crippen LogP contribution in [0.25, 0.3) is 0 Å². The summed E-state index contributed by atoms with van der Waals surface area (Å²) in [6.07, 6.45) is 6.51. The average Bonchev–Trinajstić information content (AvgIpc) is 2.89. The van der Waals surface area contributed by atoms with Crippen molar-refractivity contribution < 1.29 is 4.79 Å². The minimum absolute atomic E-state index is 0.206. The van der Waals surface area contributed by atoms with E-state index in [-0.39, 0.29) is 11.9 Å². The number of hydrogen-bond donors (Lipinski definition) is 2. The number of aromatic nitrogens is 2. The van der Waals surface area contributed by atoms with Crippen molar-refractivity contribution in [1.82, 2.24) is 25.1 Å². The third-order valence-electron chi connectivity index (χ3n) is 7.44. The summed E-state index contributed by atoms with van der Waals surface area (Å²) in [4.78, 5) is 28.3. The molecule has 0 spiro atoms. The van der Waals surface area contributed by atoms with Crippen molar-refractivity contribution in [2.75, 3.05) is 45.1 Å². The first-order chi connectivity index (χ1) is 16.2. The second-order valence-corrected chi connectivity index (χ2v) is 9.55. The lowest BCUT2D eigenvalue weighted by Gasteiger charge is -2.38. The Morgan fingerprint density at radius 2 is 1.82 bits per heavy atom. The SMILES string of the molecule is CNc1nc(C2CCNCC2)nc2c1CCN(C(=O)[C@@H](c1ccccc1)N1CCCCC1)C2. The molecule has 7 heteroatoms. The van der Waals surface area contributed by atoms with Crippen molar-refractivity contribution in [2.45, 2.75) is 57.0 Å². The van der Waals surface area contributed by atoms with E-state index in [9.17, 15) is 4.79 Å². The number of carbonyl (C=O) groups excluding carboxylic acids is 1. The van der Waals surface area contributed by atoms with E-state index >= 15 is 0 Å². The minimum Gasteiger partial charge on any atom is -0.373 e. The Morgan fingerprint density at radius 1 is 1.06 bits per heavy atom. The van der Waals surface area contributed by atoms with Crippen LogP contribution in [0.2, 0.25) is 0 Å². The molecule has 0 unspecified atom stereocenters. The molecule has 2 N–H and O–H groups in total. The number of fused-ring (bicyclic) bond motifs is 1. The first kappa shape index (κ1) is 22.3. The number of benzene rings is 1. The quantitative estimate of drug-likeness (QED) is 0.732. The maximum absolute atomic E-state index is 14.0. The highest BCUT2D eigenvalue weighted by Gasteiger charge is 2.35. The monoisotopic (exact) mass is 448 g/mol. The lowest BCUT2D eigenvalue weighted by molar-refractivity contribution is -0.138. The summed E-state index contributed by atoms with van der Waals surface area (Å²) in [6, 6.07) is 10.1. The number of amides is 1. The Morgan fingerprint density at radius 3 is 2.55 bits per heavy atom. The third kappa shape index (κ3) is 4.75. The molecule has 2 saturated heterocycles. The number of hydrogen-bond acceptors (Lipinski definition) is 6. The van der Waals surface area contributed by atoms with Gasteiger partial charge in [-0.05, 0) is 63.8 Å². The fourth-order valence-corrected chi connectivity index (χ4v) is 5.60. The Kier molecular flexibility index (Phi) is 6.88. The van der Waals surface area contributed by atoms with E-state index in [0.717, 1.165) is 81.2 Å². The zero-order chi connectivity index (χ0) is 22.6. The number of piperidine rings is 2. The van der Waals surface area contributed by atoms with E-state index in [4.69, 9.17) is 9.97 Å². The van der Waals surface area contributed by atoms with E-state index in [1.54, 1.807) is 0 Å². The van der Waals surface area contributed by atoms with Crippen LogP contribution in [-0.4, -0.2) is 65.4 Å². The van der Waals surface area contributed by atoms with E-state index in [1.165, 1.54) is 12.0 Å². The van der Waals surface area contributed by atoms with Gasteiger partial charge in [-0.2, -0.15) is 0 Å². The minimum atomic E-state index is -0.206. The predicted molar refractivity (Wildman–Crippen MR) is 130 cm³/mol. The van der Waals surface area contributed by atoms with Crippen molar-refractivity contribution in [2.24, 2.45) is 0 Å². The zero-order valence-electron chi connectivity index (χ0n) is 19.7. The second-order valence-electron chi connectivity index (χ2n) is 9.55. The highest BCUT2D eigenvalue weighted by atomic mass is 16.2. The van der Waals surface area contributed by atoms with Crippen LogP contribution in [0.3, 0.4) is 0 Å². The molecule has 3 aliphatic rings. The zero-order valence-corrected chi connectivity index (χ0v) is 19.7. The van der Waals surface area contributed by atoms with Crippen LogP contribution in [0, 0.1) is 0 Å². The van der Waals surface area contributed by atoms with Crippen molar-refractivity contribution in [3.05, 3.63) is 53.0 Å². The molecule has 33 heavy (non-hydrogen) atoms. The van der Waals surface area contributed by atoms with Gasteiger partial charge in [0.15, 0.2) is 0 Å². The van der Waals surface area contributed by atoms with Crippen LogP contribution in [0.5, 0.6) is 0 Å². The highest BCUT2D eigenvalue weighted by molar-refractivity contribution is 5.83. The van der Waals surface area contributed by atoms with Crippen LogP contribution in [0.15, 0.2) is 30.3 Å². The number of nitrogens with one attached hydrogen (secondary N) is 2. The summed E-state index contributed by atoms with van der Waals surface area (Å²) in [5, 5.41) is 6.73. The van der Waals surface area contributed by atoms with E-state index < -0.39 is 0 Å². The van der Waals surface area contributed by atoms with Crippen molar-refractivity contribution in [1.29, 1.82) is 0 Å². The van der Waals surface area contributed by atoms with Gasteiger partial charge in [0, 0.05) is 25.1 Å². The molecule has 2 aromatic rings. The molecule has 176 valence electrons. The van der Waals surface area contributed by atoms with Crippen molar-refractivity contribution in [3.63, 3.8) is 0 Å². The summed E-state index contributed by atoms with van der Waals surface area (Å²) in [6.45, 7) is 5.29. The fraction of sp³-hybridized carbons (Fsp3) is 0.577. The molecule has 3 aliphatic heterocycles. The fourth-order valence-electron chi connectivity index (χ4n) is 5.60. The van der Waals surface area contributed by atoms with Gasteiger partial charge in [-0.15, -0.1) is 0 Å². The summed E-state index contributed by atoms with van der Waals surface area (Å²) in [5.41, 5.74) is 3.30. The van der Waals surface area contributed by atoms with Gasteiger partial charge in [0.05, 0.1) is 12.2 Å². The van der Waals surface area contributed by atoms with Crippen LogP contribution >= 0.6 is 0 Å². The van der Waals surface area contributed by atoms with Gasteiger partial charge < -0.3 is 15.5 Å². The number of rotatable bonds is 5. The first-order valence-corrected chi connectivity index (χ1v) is 12.6. The van der Waals surface area contributed by atoms with Gasteiger partial charge in [0.1, 0.15) is 17.7 Å². The summed E-state index contributed by atoms with van der Waals surface area (Å²) in [7, 11) is 1.94. The number of likely N-dealkylation sites (tertiary alicyclic amines) is 1. The van der Waals surface area contributed by atoms with Gasteiger partial charge >= 0.3 is 0 Å². The van der Waals surface area contributed by atoms with Crippen molar-refractivity contribution in [3.8, 4) is 0 Å². The van der Waals surface area contributed by atoms with Gasteiger partial charge in [-0.3, -0.25) is 9.69 Å². The predicted octanol–water partition coefficient (Wildman–Crippen LogP) is 3.10. The smallest absolute Gasteiger partial charge is 0.244 e. The molecule has 7 nitrogen and oxygen atoms in total. The number of carbonyl (C=O) groups is 1. The average molecular weight is 449 g/mol. The molecule has 1 atom stereocenters. The van der Waals surface area contributed by atoms with Gasteiger partial charge in [0.25, 0.3) is 0 Å². The Labute approximate surface area is 197 Å². The molecule has 0 bridgehead atoms. The summed E-state index contributed by atoms with van der Waals surface area (Å²) in [5.74, 6) is 2.47. The molecular weight excluding hydrogens is 412 g/mol. The van der Waals surface area contributed by atoms with E-state index in [0.29, 0.717) is 19.0 Å². The van der Waals surface area contributed by atoms with Crippen LogP contribution < -0.4 is 10.6 Å². The van der Waals surface area contributed by atoms with Gasteiger partial charge in [-0.25, -0.2) is 9.97 Å². The maximum Gasteiger partial charge on any atom is 0.244 e. The molecule has 1 aromatic carbocycles. The molecule has 5 rings (SSSR count). The highest BCUT2D eigenvalue weighted by Crippen LogP contribution is 2.32. The Balaban J connectivity index is 1.42. The Hall–Kier alpha value is -2.51. The molecule has 2 fully saturated rings. The van der Waals surface area contributed by atoms with Gasteiger partial charge in [0.2, 0.25) is 5.91 Å². The molecule has 1 aromatic heterocycles. The number of anilines is 1. The largest absolute Gasteiger partial charge is 0.373 e. The van der Waals surface area contributed by atoms with Crippen LogP contribution in [-0.2, 0) is 17.8 Å². The topological polar surface area (TPSA) is 73.4 Å². The van der Waals surface area contributed by atoms with Gasteiger partial charge in [-0.1, -0.05) is 36.8 Å². The van der Waals surface area contributed by atoms with E-state index in [1.807, 2.05) is 30.1 Å². The lowest BCUT2D eigenvalue weighted by Crippen LogP contribution is -2.46. The molecule has 1 amide bonds. The Bertz CT molecular complexity index is 953. The maximum atomic E-state index is 14.0. The molecular formula is C26H36N6O. The van der Waals surface area contributed by atoms with Crippen LogP contribution in [0.1, 0.15) is 66.7 Å². The summed E-state index contributed by atoms with van der Waals surface area (Å²) >= 11 is 0.